The summed E-state index contributed by atoms with van der Waals surface area (Å²) in [6.07, 6.45) is 0. The van der Waals surface area contributed by atoms with Crippen molar-refractivity contribution in [3.63, 3.8) is 0 Å². The lowest BCUT2D eigenvalue weighted by atomic mass is 10.3. The fourth-order valence-electron chi connectivity index (χ4n) is 2.09. The van der Waals surface area contributed by atoms with Crippen LogP contribution in [0.2, 0.25) is 0 Å². The fraction of sp³-hybridized carbons (Fsp3) is 0.286. The molecular weight excluding hydrogens is 286 g/mol. The molecule has 6 nitrogen and oxygen atoms in total. The summed E-state index contributed by atoms with van der Waals surface area (Å²) in [6, 6.07) is 3.61. The zero-order valence-corrected chi connectivity index (χ0v) is 13.1. The monoisotopic (exact) mass is 301 g/mol. The smallest absolute Gasteiger partial charge is 0.278 e. The molecule has 0 aromatic carbocycles. The third kappa shape index (κ3) is 2.52. The first-order valence-electron chi connectivity index (χ1n) is 6.53. The van der Waals surface area contributed by atoms with E-state index in [1.54, 1.807) is 10.6 Å². The van der Waals surface area contributed by atoms with Gasteiger partial charge in [0.2, 0.25) is 0 Å². The van der Waals surface area contributed by atoms with E-state index in [0.29, 0.717) is 16.5 Å². The summed E-state index contributed by atoms with van der Waals surface area (Å²) in [7, 11) is 0. The van der Waals surface area contributed by atoms with Crippen LogP contribution in [0.25, 0.3) is 5.65 Å². The van der Waals surface area contributed by atoms with E-state index < -0.39 is 0 Å². The highest BCUT2D eigenvalue weighted by Gasteiger charge is 2.15. The molecule has 0 atom stereocenters. The zero-order valence-electron chi connectivity index (χ0n) is 12.3. The molecule has 1 amide bonds. The van der Waals surface area contributed by atoms with Gasteiger partial charge in [0.1, 0.15) is 0 Å². The quantitative estimate of drug-likeness (QED) is 0.790. The van der Waals surface area contributed by atoms with Gasteiger partial charge in [-0.05, 0) is 33.8 Å². The summed E-state index contributed by atoms with van der Waals surface area (Å²) in [6.45, 7) is 7.75. The van der Waals surface area contributed by atoms with Crippen molar-refractivity contribution in [2.75, 3.05) is 5.32 Å². The first-order valence-corrected chi connectivity index (χ1v) is 7.35. The fourth-order valence-corrected chi connectivity index (χ4v) is 2.89. The molecule has 0 bridgehead atoms. The standard InChI is InChI=1S/C14H15N5OS/c1-7-5-8(2)19-12(15-7)6-11(18-19)13(20)17-14-16-9(3)10(4)21-14/h5-6H,1-4H3,(H,16,17,20). The number of hydrogen-bond acceptors (Lipinski definition) is 5. The van der Waals surface area contributed by atoms with Crippen LogP contribution in [0.15, 0.2) is 12.1 Å². The van der Waals surface area contributed by atoms with E-state index in [9.17, 15) is 4.79 Å². The minimum atomic E-state index is -0.272. The van der Waals surface area contributed by atoms with Gasteiger partial charge in [-0.3, -0.25) is 10.1 Å². The van der Waals surface area contributed by atoms with Gasteiger partial charge in [-0.25, -0.2) is 14.5 Å². The third-order valence-corrected chi connectivity index (χ3v) is 4.20. The maximum atomic E-state index is 12.3. The number of aromatic nitrogens is 4. The number of nitrogens with one attached hydrogen (secondary N) is 1. The maximum absolute atomic E-state index is 12.3. The van der Waals surface area contributed by atoms with Crippen molar-refractivity contribution in [2.24, 2.45) is 0 Å². The highest BCUT2D eigenvalue weighted by atomic mass is 32.1. The van der Waals surface area contributed by atoms with Gasteiger partial charge in [-0.15, -0.1) is 11.3 Å². The van der Waals surface area contributed by atoms with Crippen LogP contribution in [-0.4, -0.2) is 25.5 Å². The van der Waals surface area contributed by atoms with Crippen LogP contribution in [0.1, 0.15) is 32.4 Å². The summed E-state index contributed by atoms with van der Waals surface area (Å²) in [4.78, 5) is 22.0. The number of amides is 1. The molecule has 3 aromatic heterocycles. The molecule has 0 aliphatic carbocycles. The van der Waals surface area contributed by atoms with Gasteiger partial charge >= 0.3 is 0 Å². The second-order valence-electron chi connectivity index (χ2n) is 4.95. The van der Waals surface area contributed by atoms with Gasteiger partial charge in [0, 0.05) is 22.3 Å². The molecule has 0 aliphatic rings. The Bertz CT molecular complexity index is 829. The molecule has 0 saturated heterocycles. The van der Waals surface area contributed by atoms with Crippen molar-refractivity contribution in [1.82, 2.24) is 19.6 Å². The number of thiazole rings is 1. The van der Waals surface area contributed by atoms with E-state index in [1.165, 1.54) is 11.3 Å². The summed E-state index contributed by atoms with van der Waals surface area (Å²) in [5.74, 6) is -0.272. The van der Waals surface area contributed by atoms with E-state index in [-0.39, 0.29) is 5.91 Å². The molecule has 3 heterocycles. The van der Waals surface area contributed by atoms with Gasteiger partial charge < -0.3 is 0 Å². The lowest BCUT2D eigenvalue weighted by Crippen LogP contribution is -2.12. The maximum Gasteiger partial charge on any atom is 0.278 e. The number of aryl methyl sites for hydroxylation is 4. The predicted molar refractivity (Wildman–Crippen MR) is 82.0 cm³/mol. The van der Waals surface area contributed by atoms with Crippen molar-refractivity contribution in [1.29, 1.82) is 0 Å². The van der Waals surface area contributed by atoms with Crippen LogP contribution in [0.3, 0.4) is 0 Å². The first kappa shape index (κ1) is 13.7. The number of carbonyl (C=O) groups excluding carboxylic acids is 1. The molecule has 1 N–H and O–H groups in total. The number of hydrogen-bond donors (Lipinski definition) is 1. The molecule has 7 heteroatoms. The van der Waals surface area contributed by atoms with Crippen LogP contribution in [0.4, 0.5) is 5.13 Å². The lowest BCUT2D eigenvalue weighted by Gasteiger charge is -1.99. The highest BCUT2D eigenvalue weighted by Crippen LogP contribution is 2.21. The van der Waals surface area contributed by atoms with Gasteiger partial charge in [0.25, 0.3) is 5.91 Å². The van der Waals surface area contributed by atoms with Crippen LogP contribution in [0, 0.1) is 27.7 Å². The number of carbonyl (C=O) groups is 1. The molecule has 0 aliphatic heterocycles. The second-order valence-corrected chi connectivity index (χ2v) is 6.16. The molecule has 0 spiro atoms. The first-order chi connectivity index (χ1) is 9.94. The van der Waals surface area contributed by atoms with Crippen molar-refractivity contribution >= 4 is 28.0 Å². The van der Waals surface area contributed by atoms with Gasteiger partial charge in [0.15, 0.2) is 16.5 Å². The molecule has 108 valence electrons. The number of anilines is 1. The van der Waals surface area contributed by atoms with E-state index in [1.807, 2.05) is 33.8 Å². The molecule has 0 unspecified atom stereocenters. The molecule has 0 fully saturated rings. The van der Waals surface area contributed by atoms with E-state index >= 15 is 0 Å². The van der Waals surface area contributed by atoms with Crippen molar-refractivity contribution in [3.05, 3.63) is 39.8 Å². The molecular formula is C14H15N5OS. The Balaban J connectivity index is 1.93. The summed E-state index contributed by atoms with van der Waals surface area (Å²) >= 11 is 1.46. The average Bonchev–Trinajstić information content (AvgIpc) is 2.94. The zero-order chi connectivity index (χ0) is 15.1. The van der Waals surface area contributed by atoms with Crippen LogP contribution in [0.5, 0.6) is 0 Å². The summed E-state index contributed by atoms with van der Waals surface area (Å²) in [5.41, 5.74) is 3.78. The Labute approximate surface area is 125 Å². The Kier molecular flexibility index (Phi) is 3.21. The van der Waals surface area contributed by atoms with Crippen molar-refractivity contribution in [3.8, 4) is 0 Å². The predicted octanol–water partition coefficient (Wildman–Crippen LogP) is 2.67. The van der Waals surface area contributed by atoms with Crippen LogP contribution < -0.4 is 5.32 Å². The Morgan fingerprint density at radius 2 is 1.95 bits per heavy atom. The third-order valence-electron chi connectivity index (χ3n) is 3.21. The van der Waals surface area contributed by atoms with Gasteiger partial charge in [-0.2, -0.15) is 5.10 Å². The van der Waals surface area contributed by atoms with E-state index in [4.69, 9.17) is 0 Å². The number of fused-ring (bicyclic) bond motifs is 1. The van der Waals surface area contributed by atoms with E-state index in [0.717, 1.165) is 22.0 Å². The minimum Gasteiger partial charge on any atom is -0.296 e. The molecule has 0 saturated carbocycles. The van der Waals surface area contributed by atoms with Gasteiger partial charge in [0.05, 0.1) is 5.69 Å². The largest absolute Gasteiger partial charge is 0.296 e. The second kappa shape index (κ2) is 4.92. The SMILES string of the molecule is Cc1cc(C)n2nc(C(=O)Nc3nc(C)c(C)s3)cc2n1. The van der Waals surface area contributed by atoms with Crippen molar-refractivity contribution in [2.45, 2.75) is 27.7 Å². The number of nitrogens with zero attached hydrogens (tertiary/aromatic N) is 4. The topological polar surface area (TPSA) is 72.2 Å². The number of rotatable bonds is 2. The minimum absolute atomic E-state index is 0.272. The summed E-state index contributed by atoms with van der Waals surface area (Å²) in [5, 5.41) is 7.67. The van der Waals surface area contributed by atoms with Crippen LogP contribution >= 0.6 is 11.3 Å². The average molecular weight is 301 g/mol. The Morgan fingerprint density at radius 3 is 2.62 bits per heavy atom. The van der Waals surface area contributed by atoms with Gasteiger partial charge in [-0.1, -0.05) is 0 Å². The lowest BCUT2D eigenvalue weighted by molar-refractivity contribution is 0.102. The van der Waals surface area contributed by atoms with Crippen LogP contribution in [-0.2, 0) is 0 Å². The normalized spacial score (nSPS) is 11.0. The molecule has 21 heavy (non-hydrogen) atoms. The Morgan fingerprint density at radius 1 is 1.19 bits per heavy atom. The molecule has 3 aromatic rings. The Hall–Kier alpha value is -2.28. The summed E-state index contributed by atoms with van der Waals surface area (Å²) < 4.78 is 1.67. The molecule has 0 radical (unpaired) electrons. The highest BCUT2D eigenvalue weighted by molar-refractivity contribution is 7.15. The molecule has 3 rings (SSSR count). The van der Waals surface area contributed by atoms with E-state index in [2.05, 4.69) is 20.4 Å². The van der Waals surface area contributed by atoms with Crippen molar-refractivity contribution < 1.29 is 4.79 Å².